The van der Waals surface area contributed by atoms with Crippen molar-refractivity contribution in [1.82, 2.24) is 5.32 Å². The highest BCUT2D eigenvalue weighted by Crippen LogP contribution is 2.42. The van der Waals surface area contributed by atoms with Crippen molar-refractivity contribution in [3.8, 4) is 0 Å². The Hall–Kier alpha value is -2.38. The third-order valence-corrected chi connectivity index (χ3v) is 6.36. The molecule has 0 aliphatic heterocycles. The van der Waals surface area contributed by atoms with E-state index in [0.717, 1.165) is 12.8 Å². The maximum Gasteiger partial charge on any atom is 0.0664 e. The Bertz CT molecular complexity index is 925. The van der Waals surface area contributed by atoms with Crippen molar-refractivity contribution in [2.75, 3.05) is 7.05 Å². The minimum absolute atomic E-state index is 0.147. The summed E-state index contributed by atoms with van der Waals surface area (Å²) in [7, 11) is 2.08. The fourth-order valence-corrected chi connectivity index (χ4v) is 4.64. The van der Waals surface area contributed by atoms with Crippen molar-refractivity contribution in [2.45, 2.75) is 44.6 Å². The van der Waals surface area contributed by atoms with Crippen LogP contribution < -0.4 is 5.32 Å². The molecule has 0 radical (unpaired) electrons. The average Bonchev–Trinajstić information content (AvgIpc) is 2.82. The van der Waals surface area contributed by atoms with Crippen LogP contribution in [0, 0.1) is 6.92 Å². The first-order valence-corrected chi connectivity index (χ1v) is 10.0. The summed E-state index contributed by atoms with van der Waals surface area (Å²) in [6.45, 7) is 4.48. The Kier molecular flexibility index (Phi) is 4.88. The van der Waals surface area contributed by atoms with E-state index in [-0.39, 0.29) is 5.54 Å². The summed E-state index contributed by atoms with van der Waals surface area (Å²) in [6.07, 6.45) is 3.40. The van der Waals surface area contributed by atoms with Gasteiger partial charge in [0.1, 0.15) is 0 Å². The van der Waals surface area contributed by atoms with E-state index < -0.39 is 0 Å². The quantitative estimate of drug-likeness (QED) is 0.628. The van der Waals surface area contributed by atoms with Crippen LogP contribution in [0.4, 0.5) is 0 Å². The van der Waals surface area contributed by atoms with E-state index in [2.05, 4.69) is 99.0 Å². The molecule has 0 aromatic heterocycles. The molecule has 0 amide bonds. The number of nitrogens with one attached hydrogen (secondary N) is 1. The van der Waals surface area contributed by atoms with Gasteiger partial charge in [-0.3, -0.25) is 0 Å². The predicted molar refractivity (Wildman–Crippen MR) is 114 cm³/mol. The zero-order valence-corrected chi connectivity index (χ0v) is 16.6. The van der Waals surface area contributed by atoms with Gasteiger partial charge in [-0.05, 0) is 73.9 Å². The van der Waals surface area contributed by atoms with E-state index >= 15 is 0 Å². The van der Waals surface area contributed by atoms with Gasteiger partial charge in [-0.2, -0.15) is 0 Å². The smallest absolute Gasteiger partial charge is 0.0664 e. The van der Waals surface area contributed by atoms with Crippen LogP contribution in [-0.2, 0) is 18.4 Å². The third kappa shape index (κ3) is 3.33. The van der Waals surface area contributed by atoms with E-state index in [1.54, 1.807) is 0 Å². The van der Waals surface area contributed by atoms with E-state index in [1.807, 2.05) is 0 Å². The van der Waals surface area contributed by atoms with Gasteiger partial charge in [0.25, 0.3) is 0 Å². The molecule has 1 heteroatoms. The highest BCUT2D eigenvalue weighted by atomic mass is 14.9. The summed E-state index contributed by atoms with van der Waals surface area (Å²) >= 11 is 0. The van der Waals surface area contributed by atoms with E-state index in [1.165, 1.54) is 39.8 Å². The van der Waals surface area contributed by atoms with Crippen LogP contribution in [0.25, 0.3) is 0 Å². The molecule has 0 saturated heterocycles. The monoisotopic (exact) mass is 355 g/mol. The second-order valence-electron chi connectivity index (χ2n) is 8.04. The lowest BCUT2D eigenvalue weighted by molar-refractivity contribution is 0.481. The summed E-state index contributed by atoms with van der Waals surface area (Å²) in [5.74, 6) is 0.541. The summed E-state index contributed by atoms with van der Waals surface area (Å²) in [4.78, 5) is 0. The second kappa shape index (κ2) is 7.32. The highest BCUT2D eigenvalue weighted by molar-refractivity contribution is 5.50. The van der Waals surface area contributed by atoms with Crippen LogP contribution in [-0.4, -0.2) is 7.05 Å². The molecular weight excluding hydrogens is 326 g/mol. The van der Waals surface area contributed by atoms with Crippen molar-refractivity contribution >= 4 is 0 Å². The van der Waals surface area contributed by atoms with Gasteiger partial charge in [-0.25, -0.2) is 0 Å². The molecule has 3 aromatic rings. The van der Waals surface area contributed by atoms with Gasteiger partial charge in [0, 0.05) is 0 Å². The van der Waals surface area contributed by atoms with Gasteiger partial charge < -0.3 is 5.32 Å². The maximum absolute atomic E-state index is 3.63. The Morgan fingerprint density at radius 2 is 1.56 bits per heavy atom. The second-order valence-corrected chi connectivity index (χ2v) is 8.04. The number of rotatable bonds is 4. The first kappa shape index (κ1) is 18.0. The van der Waals surface area contributed by atoms with Crippen molar-refractivity contribution in [3.63, 3.8) is 0 Å². The van der Waals surface area contributed by atoms with Crippen LogP contribution in [0.2, 0.25) is 0 Å². The van der Waals surface area contributed by atoms with Crippen LogP contribution in [0.1, 0.15) is 52.6 Å². The van der Waals surface area contributed by atoms with Crippen molar-refractivity contribution < 1.29 is 0 Å². The Morgan fingerprint density at radius 1 is 0.889 bits per heavy atom. The molecule has 3 aromatic carbocycles. The normalized spacial score (nSPS) is 21.2. The summed E-state index contributed by atoms with van der Waals surface area (Å²) in [5, 5.41) is 3.63. The van der Waals surface area contributed by atoms with E-state index in [9.17, 15) is 0 Å². The molecule has 0 fully saturated rings. The van der Waals surface area contributed by atoms with Gasteiger partial charge in [0.2, 0.25) is 0 Å². The van der Waals surface area contributed by atoms with Gasteiger partial charge in [-0.1, -0.05) is 78.4 Å². The number of aryl methyl sites for hydroxylation is 2. The zero-order chi connectivity index (χ0) is 18.9. The largest absolute Gasteiger partial charge is 0.307 e. The number of fused-ring (bicyclic) bond motifs is 2. The minimum atomic E-state index is -0.147. The van der Waals surface area contributed by atoms with Gasteiger partial charge in [0.05, 0.1) is 5.54 Å². The van der Waals surface area contributed by atoms with E-state index in [0.29, 0.717) is 5.92 Å². The summed E-state index contributed by atoms with van der Waals surface area (Å²) in [5.41, 5.74) is 8.43. The average molecular weight is 356 g/mol. The maximum atomic E-state index is 3.63. The van der Waals surface area contributed by atoms with Crippen LogP contribution >= 0.6 is 0 Å². The lowest BCUT2D eigenvalue weighted by Crippen LogP contribution is -2.38. The van der Waals surface area contributed by atoms with E-state index in [4.69, 9.17) is 0 Å². The molecule has 1 nitrogen and oxygen atoms in total. The standard InChI is InChI=1S/C26H29N/c1-19-12-14-20(15-13-19)16-17-21-18-22-8-4-6-10-24(22)26(2,27-3)25-11-7-5-9-23(21)25/h4-15,21,27H,16-18H2,1-3H3. The molecule has 0 heterocycles. The fourth-order valence-electron chi connectivity index (χ4n) is 4.64. The zero-order valence-electron chi connectivity index (χ0n) is 16.6. The number of benzene rings is 3. The van der Waals surface area contributed by atoms with Gasteiger partial charge >= 0.3 is 0 Å². The first-order chi connectivity index (χ1) is 13.1. The Labute approximate surface area is 163 Å². The SMILES string of the molecule is CNC1(C)c2ccccc2CC(CCc2ccc(C)cc2)c2ccccc21. The molecule has 138 valence electrons. The molecule has 0 saturated carbocycles. The molecule has 2 unspecified atom stereocenters. The van der Waals surface area contributed by atoms with Gasteiger partial charge in [-0.15, -0.1) is 0 Å². The predicted octanol–water partition coefficient (Wildman–Crippen LogP) is 5.75. The molecule has 0 bridgehead atoms. The van der Waals surface area contributed by atoms with Crippen molar-refractivity contribution in [2.24, 2.45) is 0 Å². The summed E-state index contributed by atoms with van der Waals surface area (Å²) in [6, 6.07) is 27.0. The minimum Gasteiger partial charge on any atom is -0.307 e. The molecule has 2 atom stereocenters. The van der Waals surface area contributed by atoms with Crippen molar-refractivity contribution in [3.05, 3.63) is 106 Å². The van der Waals surface area contributed by atoms with Gasteiger partial charge in [0.15, 0.2) is 0 Å². The molecule has 1 aliphatic rings. The Morgan fingerprint density at radius 3 is 2.30 bits per heavy atom. The molecule has 27 heavy (non-hydrogen) atoms. The molecule has 1 N–H and O–H groups in total. The van der Waals surface area contributed by atoms with Crippen LogP contribution in [0.3, 0.4) is 0 Å². The molecular formula is C26H29N. The third-order valence-electron chi connectivity index (χ3n) is 6.36. The number of hydrogen-bond acceptors (Lipinski definition) is 1. The molecule has 4 rings (SSSR count). The fraction of sp³-hybridized carbons (Fsp3) is 0.308. The molecule has 1 aliphatic carbocycles. The topological polar surface area (TPSA) is 12.0 Å². The highest BCUT2D eigenvalue weighted by Gasteiger charge is 2.36. The van der Waals surface area contributed by atoms with Crippen molar-refractivity contribution in [1.29, 1.82) is 0 Å². The van der Waals surface area contributed by atoms with Crippen LogP contribution in [0.15, 0.2) is 72.8 Å². The molecule has 0 spiro atoms. The van der Waals surface area contributed by atoms with Crippen LogP contribution in [0.5, 0.6) is 0 Å². The lowest BCUT2D eigenvalue weighted by Gasteiger charge is -2.32. The number of hydrogen-bond donors (Lipinski definition) is 1. The summed E-state index contributed by atoms with van der Waals surface area (Å²) < 4.78 is 0. The Balaban J connectivity index is 1.74. The lowest BCUT2D eigenvalue weighted by atomic mass is 9.81. The first-order valence-electron chi connectivity index (χ1n) is 10.0.